The van der Waals surface area contributed by atoms with Crippen LogP contribution < -0.4 is 10.6 Å². The molecule has 0 bridgehead atoms. The zero-order valence-corrected chi connectivity index (χ0v) is 20.0. The molecule has 0 spiro atoms. The number of guanidine groups is 1. The number of halogens is 2. The van der Waals surface area contributed by atoms with Gasteiger partial charge >= 0.3 is 0 Å². The van der Waals surface area contributed by atoms with E-state index >= 15 is 0 Å². The molecule has 2 unspecified atom stereocenters. The topological polar surface area (TPSA) is 57.3 Å². The first-order valence-electron chi connectivity index (χ1n) is 9.94. The van der Waals surface area contributed by atoms with E-state index in [0.717, 1.165) is 63.8 Å². The lowest BCUT2D eigenvalue weighted by Crippen LogP contribution is -2.51. The first-order chi connectivity index (χ1) is 13.0. The van der Waals surface area contributed by atoms with E-state index in [1.54, 1.807) is 0 Å². The second-order valence-corrected chi connectivity index (χ2v) is 8.00. The molecule has 2 heterocycles. The maximum absolute atomic E-state index is 6.22. The van der Waals surface area contributed by atoms with Crippen molar-refractivity contribution < 1.29 is 4.74 Å². The van der Waals surface area contributed by atoms with E-state index in [-0.39, 0.29) is 24.0 Å². The van der Waals surface area contributed by atoms with E-state index in [4.69, 9.17) is 22.1 Å². The average molecular weight is 522 g/mol. The number of hydrogen-bond donors (Lipinski definition) is 1. The van der Waals surface area contributed by atoms with Crippen LogP contribution in [0.2, 0.25) is 5.02 Å². The van der Waals surface area contributed by atoms with Crippen LogP contribution in [0, 0.1) is 0 Å². The van der Waals surface area contributed by atoms with Crippen molar-refractivity contribution in [3.05, 3.63) is 29.3 Å². The molecule has 2 atom stereocenters. The van der Waals surface area contributed by atoms with Crippen molar-refractivity contribution in [2.75, 3.05) is 57.3 Å². The predicted molar refractivity (Wildman–Crippen MR) is 128 cm³/mol. The standard InChI is InChI=1S/C20H32ClN5O.HI/c1-16-14-24(15-17(2)27-16)9-3-8-23-20(22)26-12-10-25(11-13-26)19-6-4-18(21)5-7-19;/h4-7,16-17H,3,8-15H2,1-2H3,(H2,22,23);1H. The van der Waals surface area contributed by atoms with Crippen LogP contribution in [0.5, 0.6) is 0 Å². The number of nitrogens with zero attached hydrogens (tertiary/aromatic N) is 4. The molecule has 0 amide bonds. The van der Waals surface area contributed by atoms with Gasteiger partial charge in [-0.3, -0.25) is 9.89 Å². The van der Waals surface area contributed by atoms with Gasteiger partial charge in [0.25, 0.3) is 0 Å². The fourth-order valence-corrected chi connectivity index (χ4v) is 4.03. The highest BCUT2D eigenvalue weighted by Crippen LogP contribution is 2.19. The first kappa shape index (κ1) is 23.5. The van der Waals surface area contributed by atoms with Crippen molar-refractivity contribution in [1.82, 2.24) is 9.80 Å². The SMILES string of the molecule is CC1CN(CCCN=C(N)N2CCN(c3ccc(Cl)cc3)CC2)CC(C)O1.I. The highest BCUT2D eigenvalue weighted by Gasteiger charge is 2.21. The molecule has 0 radical (unpaired) electrons. The van der Waals surface area contributed by atoms with Crippen molar-refractivity contribution in [3.63, 3.8) is 0 Å². The summed E-state index contributed by atoms with van der Waals surface area (Å²) in [6.07, 6.45) is 1.67. The largest absolute Gasteiger partial charge is 0.373 e. The van der Waals surface area contributed by atoms with Crippen LogP contribution in [0.4, 0.5) is 5.69 Å². The molecular weight excluding hydrogens is 489 g/mol. The molecule has 28 heavy (non-hydrogen) atoms. The Kier molecular flexibility index (Phi) is 9.59. The average Bonchev–Trinajstić information content (AvgIpc) is 2.65. The van der Waals surface area contributed by atoms with Gasteiger partial charge in [-0.1, -0.05) is 11.6 Å². The van der Waals surface area contributed by atoms with Crippen LogP contribution in [-0.2, 0) is 4.74 Å². The fourth-order valence-electron chi connectivity index (χ4n) is 3.90. The Labute approximate surface area is 191 Å². The molecule has 1 aromatic rings. The van der Waals surface area contributed by atoms with Gasteiger partial charge in [0.05, 0.1) is 12.2 Å². The summed E-state index contributed by atoms with van der Waals surface area (Å²) in [4.78, 5) is 11.6. The van der Waals surface area contributed by atoms with Gasteiger partial charge < -0.3 is 20.3 Å². The minimum Gasteiger partial charge on any atom is -0.373 e. The summed E-state index contributed by atoms with van der Waals surface area (Å²) < 4.78 is 5.78. The number of ether oxygens (including phenoxy) is 1. The molecule has 3 rings (SSSR count). The van der Waals surface area contributed by atoms with Gasteiger partial charge in [-0.15, -0.1) is 24.0 Å². The summed E-state index contributed by atoms with van der Waals surface area (Å²) in [5, 5.41) is 0.773. The molecule has 2 aliphatic rings. The zero-order chi connectivity index (χ0) is 19.2. The molecule has 2 aliphatic heterocycles. The number of piperazine rings is 1. The van der Waals surface area contributed by atoms with Gasteiger partial charge in [-0.2, -0.15) is 0 Å². The van der Waals surface area contributed by atoms with Crippen LogP contribution in [0.15, 0.2) is 29.3 Å². The van der Waals surface area contributed by atoms with Gasteiger partial charge in [-0.25, -0.2) is 0 Å². The van der Waals surface area contributed by atoms with Gasteiger partial charge in [0.1, 0.15) is 0 Å². The van der Waals surface area contributed by atoms with Crippen LogP contribution in [0.25, 0.3) is 0 Å². The molecule has 1 aromatic carbocycles. The van der Waals surface area contributed by atoms with Crippen LogP contribution >= 0.6 is 35.6 Å². The van der Waals surface area contributed by atoms with Crippen LogP contribution in [-0.4, -0.2) is 80.3 Å². The van der Waals surface area contributed by atoms with Crippen molar-refractivity contribution in [3.8, 4) is 0 Å². The minimum atomic E-state index is 0. The van der Waals surface area contributed by atoms with Crippen molar-refractivity contribution in [2.24, 2.45) is 10.7 Å². The zero-order valence-electron chi connectivity index (χ0n) is 16.9. The second-order valence-electron chi connectivity index (χ2n) is 7.56. The van der Waals surface area contributed by atoms with E-state index in [2.05, 4.69) is 45.7 Å². The third-order valence-electron chi connectivity index (χ3n) is 5.20. The first-order valence-corrected chi connectivity index (χ1v) is 10.3. The van der Waals surface area contributed by atoms with Gasteiger partial charge in [0.2, 0.25) is 0 Å². The highest BCUT2D eigenvalue weighted by molar-refractivity contribution is 14.0. The number of morpholine rings is 1. The number of hydrogen-bond acceptors (Lipinski definition) is 4. The Bertz CT molecular complexity index is 612. The van der Waals surface area contributed by atoms with E-state index in [9.17, 15) is 0 Å². The summed E-state index contributed by atoms with van der Waals surface area (Å²) in [5.74, 6) is 0.675. The molecule has 8 heteroatoms. The van der Waals surface area contributed by atoms with E-state index in [1.807, 2.05) is 12.1 Å². The Balaban J connectivity index is 0.00000280. The number of benzene rings is 1. The highest BCUT2D eigenvalue weighted by atomic mass is 127. The van der Waals surface area contributed by atoms with E-state index < -0.39 is 0 Å². The van der Waals surface area contributed by atoms with Crippen molar-refractivity contribution >= 4 is 47.2 Å². The maximum Gasteiger partial charge on any atom is 0.191 e. The molecule has 2 saturated heterocycles. The Morgan fingerprint density at radius 2 is 1.71 bits per heavy atom. The fraction of sp³-hybridized carbons (Fsp3) is 0.650. The van der Waals surface area contributed by atoms with Gasteiger partial charge in [0.15, 0.2) is 5.96 Å². The summed E-state index contributed by atoms with van der Waals surface area (Å²) in [6.45, 7) is 11.8. The molecule has 2 N–H and O–H groups in total. The molecule has 0 aliphatic carbocycles. The Morgan fingerprint density at radius 1 is 1.11 bits per heavy atom. The Morgan fingerprint density at radius 3 is 2.32 bits per heavy atom. The number of aliphatic imine (C=N–C) groups is 1. The molecular formula is C20H33ClIN5O. The lowest BCUT2D eigenvalue weighted by molar-refractivity contribution is -0.0679. The number of anilines is 1. The van der Waals surface area contributed by atoms with Gasteiger partial charge in [-0.05, 0) is 44.5 Å². The third-order valence-corrected chi connectivity index (χ3v) is 5.45. The molecule has 0 saturated carbocycles. The van der Waals surface area contributed by atoms with Gasteiger partial charge in [0, 0.05) is 63.1 Å². The van der Waals surface area contributed by atoms with Crippen LogP contribution in [0.1, 0.15) is 20.3 Å². The van der Waals surface area contributed by atoms with E-state index in [1.165, 1.54) is 5.69 Å². The monoisotopic (exact) mass is 521 g/mol. The summed E-state index contributed by atoms with van der Waals surface area (Å²) in [5.41, 5.74) is 7.43. The molecule has 6 nitrogen and oxygen atoms in total. The normalized spacial score (nSPS) is 24.2. The number of nitrogens with two attached hydrogens (primary N) is 1. The van der Waals surface area contributed by atoms with Crippen molar-refractivity contribution in [2.45, 2.75) is 32.5 Å². The van der Waals surface area contributed by atoms with E-state index in [0.29, 0.717) is 18.2 Å². The number of rotatable bonds is 5. The maximum atomic E-state index is 6.22. The third kappa shape index (κ3) is 6.93. The second kappa shape index (κ2) is 11.4. The summed E-state index contributed by atoms with van der Waals surface area (Å²) in [6, 6.07) is 8.02. The Hall–Kier alpha value is -0.770. The molecule has 2 fully saturated rings. The summed E-state index contributed by atoms with van der Waals surface area (Å²) in [7, 11) is 0. The predicted octanol–water partition coefficient (Wildman–Crippen LogP) is 2.89. The summed E-state index contributed by atoms with van der Waals surface area (Å²) >= 11 is 5.97. The molecule has 158 valence electrons. The van der Waals surface area contributed by atoms with Crippen LogP contribution in [0.3, 0.4) is 0 Å². The minimum absolute atomic E-state index is 0. The van der Waals surface area contributed by atoms with Crippen molar-refractivity contribution in [1.29, 1.82) is 0 Å². The quantitative estimate of drug-likeness (QED) is 0.279. The lowest BCUT2D eigenvalue weighted by atomic mass is 10.2. The smallest absolute Gasteiger partial charge is 0.191 e. The molecule has 0 aromatic heterocycles. The lowest BCUT2D eigenvalue weighted by Gasteiger charge is -2.36.